The van der Waals surface area contributed by atoms with Gasteiger partial charge in [0.2, 0.25) is 0 Å². The van der Waals surface area contributed by atoms with Gasteiger partial charge in [-0.3, -0.25) is 14.5 Å². The second-order valence-corrected chi connectivity index (χ2v) is 8.86. The van der Waals surface area contributed by atoms with E-state index in [9.17, 15) is 9.59 Å². The van der Waals surface area contributed by atoms with Crippen LogP contribution in [0.2, 0.25) is 0 Å². The molecule has 0 bridgehead atoms. The van der Waals surface area contributed by atoms with Gasteiger partial charge in [0, 0.05) is 30.7 Å². The minimum absolute atomic E-state index is 0.0385. The van der Waals surface area contributed by atoms with Crippen LogP contribution in [0.1, 0.15) is 52.8 Å². The average Bonchev–Trinajstić information content (AvgIpc) is 3.34. The Morgan fingerprint density at radius 3 is 2.53 bits per heavy atom. The SMILES string of the molecule is O=C(Nc1ccccc1C(=O)NCC1(N2CCCCC2)CCOCC1)c1ccsc1. The van der Waals surface area contributed by atoms with Crippen LogP contribution < -0.4 is 10.6 Å². The predicted octanol–water partition coefficient (Wildman–Crippen LogP) is 3.77. The van der Waals surface area contributed by atoms with E-state index in [1.165, 1.54) is 30.6 Å². The highest BCUT2D eigenvalue weighted by molar-refractivity contribution is 7.08. The topological polar surface area (TPSA) is 70.7 Å². The molecule has 0 radical (unpaired) electrons. The molecule has 0 atom stereocenters. The fourth-order valence-electron chi connectivity index (χ4n) is 4.44. The second kappa shape index (κ2) is 9.73. The van der Waals surface area contributed by atoms with Gasteiger partial charge in [0.05, 0.1) is 16.8 Å². The van der Waals surface area contributed by atoms with Crippen LogP contribution in [0.25, 0.3) is 0 Å². The molecule has 2 aliphatic rings. The van der Waals surface area contributed by atoms with Crippen LogP contribution in [0.15, 0.2) is 41.1 Å². The van der Waals surface area contributed by atoms with Crippen molar-refractivity contribution in [2.24, 2.45) is 0 Å². The van der Waals surface area contributed by atoms with Gasteiger partial charge < -0.3 is 15.4 Å². The zero-order chi connectivity index (χ0) is 20.8. The number of anilines is 1. The lowest BCUT2D eigenvalue weighted by Gasteiger charge is -2.48. The van der Waals surface area contributed by atoms with Gasteiger partial charge in [0.15, 0.2) is 0 Å². The molecule has 160 valence electrons. The number of nitrogens with one attached hydrogen (secondary N) is 2. The number of nitrogens with zero attached hydrogens (tertiary/aromatic N) is 1. The molecule has 2 amide bonds. The molecule has 0 unspecified atom stereocenters. The smallest absolute Gasteiger partial charge is 0.256 e. The van der Waals surface area contributed by atoms with Crippen LogP contribution in [0.3, 0.4) is 0 Å². The minimum Gasteiger partial charge on any atom is -0.381 e. The standard InChI is InChI=1S/C23H29N3O3S/c27-21(18-8-15-30-16-18)25-20-7-3-2-6-19(20)22(28)24-17-23(9-13-29-14-10-23)26-11-4-1-5-12-26/h2-3,6-8,15-16H,1,4-5,9-14,17H2,(H,24,28)(H,25,27). The summed E-state index contributed by atoms with van der Waals surface area (Å²) in [4.78, 5) is 28.1. The van der Waals surface area contributed by atoms with Crippen LogP contribution in [-0.4, -0.2) is 55.1 Å². The van der Waals surface area contributed by atoms with Gasteiger partial charge >= 0.3 is 0 Å². The summed E-state index contributed by atoms with van der Waals surface area (Å²) in [5.74, 6) is -0.357. The van der Waals surface area contributed by atoms with Crippen molar-refractivity contribution in [1.82, 2.24) is 10.2 Å². The predicted molar refractivity (Wildman–Crippen MR) is 119 cm³/mol. The number of hydrogen-bond acceptors (Lipinski definition) is 5. The molecule has 4 rings (SSSR count). The van der Waals surface area contributed by atoms with E-state index in [-0.39, 0.29) is 17.4 Å². The molecule has 7 heteroatoms. The van der Waals surface area contributed by atoms with Gasteiger partial charge in [-0.15, -0.1) is 0 Å². The van der Waals surface area contributed by atoms with Gasteiger partial charge in [-0.2, -0.15) is 11.3 Å². The number of likely N-dealkylation sites (tertiary alicyclic amines) is 1. The summed E-state index contributed by atoms with van der Waals surface area (Å²) in [5.41, 5.74) is 1.58. The number of thiophene rings is 1. The van der Waals surface area contributed by atoms with Crippen LogP contribution in [0.5, 0.6) is 0 Å². The van der Waals surface area contributed by atoms with Crippen molar-refractivity contribution in [3.05, 3.63) is 52.2 Å². The lowest BCUT2D eigenvalue weighted by molar-refractivity contribution is -0.0349. The number of benzene rings is 1. The Morgan fingerprint density at radius 2 is 1.80 bits per heavy atom. The number of amides is 2. The molecule has 0 saturated carbocycles. The average molecular weight is 428 g/mol. The van der Waals surface area contributed by atoms with Gasteiger partial charge in [0.1, 0.15) is 0 Å². The summed E-state index contributed by atoms with van der Waals surface area (Å²) in [6.07, 6.45) is 5.59. The fraction of sp³-hybridized carbons (Fsp3) is 0.478. The normalized spacial score (nSPS) is 19.2. The highest BCUT2D eigenvalue weighted by Gasteiger charge is 2.39. The molecule has 0 aliphatic carbocycles. The molecular weight excluding hydrogens is 398 g/mol. The van der Waals surface area contributed by atoms with Crippen LogP contribution in [0.4, 0.5) is 5.69 Å². The number of rotatable bonds is 6. The lowest BCUT2D eigenvalue weighted by atomic mass is 9.86. The molecule has 1 aromatic heterocycles. The quantitative estimate of drug-likeness (QED) is 0.736. The summed E-state index contributed by atoms with van der Waals surface area (Å²) < 4.78 is 5.62. The third kappa shape index (κ3) is 4.74. The molecule has 2 fully saturated rings. The van der Waals surface area contributed by atoms with Gasteiger partial charge in [-0.05, 0) is 62.4 Å². The van der Waals surface area contributed by atoms with Crippen LogP contribution in [-0.2, 0) is 4.74 Å². The van der Waals surface area contributed by atoms with Crippen molar-refractivity contribution in [3.63, 3.8) is 0 Å². The van der Waals surface area contributed by atoms with E-state index in [4.69, 9.17) is 4.74 Å². The first-order valence-corrected chi connectivity index (χ1v) is 11.7. The number of carbonyl (C=O) groups is 2. The lowest BCUT2D eigenvalue weighted by Crippen LogP contribution is -2.59. The van der Waals surface area contributed by atoms with Crippen LogP contribution in [0, 0.1) is 0 Å². The third-order valence-corrected chi connectivity index (χ3v) is 6.91. The summed E-state index contributed by atoms with van der Waals surface area (Å²) in [7, 11) is 0. The molecular formula is C23H29N3O3S. The van der Waals surface area contributed by atoms with E-state index in [2.05, 4.69) is 15.5 Å². The molecule has 2 saturated heterocycles. The highest BCUT2D eigenvalue weighted by atomic mass is 32.1. The molecule has 2 aromatic rings. The third-order valence-electron chi connectivity index (χ3n) is 6.23. The molecule has 6 nitrogen and oxygen atoms in total. The van der Waals surface area contributed by atoms with E-state index >= 15 is 0 Å². The molecule has 1 aromatic carbocycles. The summed E-state index contributed by atoms with van der Waals surface area (Å²) in [5, 5.41) is 9.71. The highest BCUT2D eigenvalue weighted by Crippen LogP contribution is 2.30. The molecule has 30 heavy (non-hydrogen) atoms. The minimum atomic E-state index is -0.203. The van der Waals surface area contributed by atoms with Gasteiger partial charge in [0.25, 0.3) is 11.8 Å². The largest absolute Gasteiger partial charge is 0.381 e. The Hall–Kier alpha value is -2.22. The van der Waals surface area contributed by atoms with Crippen molar-refractivity contribution in [2.45, 2.75) is 37.6 Å². The molecule has 2 aliphatic heterocycles. The monoisotopic (exact) mass is 427 g/mol. The first-order chi connectivity index (χ1) is 14.7. The fourth-order valence-corrected chi connectivity index (χ4v) is 5.08. The van der Waals surface area contributed by atoms with E-state index in [0.717, 1.165) is 39.1 Å². The van der Waals surface area contributed by atoms with Crippen molar-refractivity contribution >= 4 is 28.8 Å². The Morgan fingerprint density at radius 1 is 1.03 bits per heavy atom. The number of carbonyl (C=O) groups excluding carboxylic acids is 2. The maximum Gasteiger partial charge on any atom is 0.256 e. The summed E-state index contributed by atoms with van der Waals surface area (Å²) >= 11 is 1.47. The van der Waals surface area contributed by atoms with E-state index in [1.807, 2.05) is 17.5 Å². The summed E-state index contributed by atoms with van der Waals surface area (Å²) in [6, 6.07) is 8.96. The molecule has 0 spiro atoms. The van der Waals surface area contributed by atoms with Crippen molar-refractivity contribution < 1.29 is 14.3 Å². The molecule has 3 heterocycles. The maximum absolute atomic E-state index is 13.1. The first-order valence-electron chi connectivity index (χ1n) is 10.7. The maximum atomic E-state index is 13.1. The second-order valence-electron chi connectivity index (χ2n) is 8.08. The van der Waals surface area contributed by atoms with E-state index in [0.29, 0.717) is 23.4 Å². The van der Waals surface area contributed by atoms with Gasteiger partial charge in [-0.25, -0.2) is 0 Å². The molecule has 2 N–H and O–H groups in total. The zero-order valence-electron chi connectivity index (χ0n) is 17.2. The zero-order valence-corrected chi connectivity index (χ0v) is 18.0. The Bertz CT molecular complexity index is 856. The summed E-state index contributed by atoms with van der Waals surface area (Å²) in [6.45, 7) is 4.24. The van der Waals surface area contributed by atoms with E-state index in [1.54, 1.807) is 23.6 Å². The van der Waals surface area contributed by atoms with E-state index < -0.39 is 0 Å². The van der Waals surface area contributed by atoms with Crippen molar-refractivity contribution in [3.8, 4) is 0 Å². The Kier molecular flexibility index (Phi) is 6.82. The Balaban J connectivity index is 1.46. The Labute approximate surface area is 181 Å². The van der Waals surface area contributed by atoms with Crippen LogP contribution >= 0.6 is 11.3 Å². The number of ether oxygens (including phenoxy) is 1. The number of para-hydroxylation sites is 1. The van der Waals surface area contributed by atoms with Crippen molar-refractivity contribution in [2.75, 3.05) is 38.2 Å². The number of hydrogen-bond donors (Lipinski definition) is 2. The van der Waals surface area contributed by atoms with Gasteiger partial charge in [-0.1, -0.05) is 18.6 Å². The van der Waals surface area contributed by atoms with Crippen molar-refractivity contribution in [1.29, 1.82) is 0 Å². The first kappa shape index (κ1) is 21.0. The number of piperidine rings is 1.